The van der Waals surface area contributed by atoms with Crippen molar-refractivity contribution in [3.8, 4) is 50.2 Å². The highest BCUT2D eigenvalue weighted by Gasteiger charge is 2.21. The molecule has 12 aromatic rings. The minimum atomic E-state index is 1.07. The fourth-order valence-electron chi connectivity index (χ4n) is 10.5. The number of allylic oxidation sites excluding steroid dienone is 4. The third kappa shape index (κ3) is 7.26. The molecule has 0 atom stereocenters. The SMILES string of the molecule is C1=C=CC(c2cccc3c4c(-c5cccc(N(c6ccc(-c7ccc(-c8cccc9ccccc89)cc7)cc6)c6ccc(-c7ccc8ccccc8c7)cc6)c5)cccc4n(-c4ccccc4)c23)=CC=1. The van der Waals surface area contributed by atoms with Gasteiger partial charge in [-0.15, -0.1) is 0 Å². The van der Waals surface area contributed by atoms with Crippen molar-refractivity contribution < 1.29 is 0 Å². The van der Waals surface area contributed by atoms with Crippen molar-refractivity contribution >= 4 is 66.0 Å². The predicted octanol–water partition coefficient (Wildman–Crippen LogP) is 18.5. The van der Waals surface area contributed by atoms with Crippen LogP contribution in [0, 0.1) is 0 Å². The molecular weight excluding hydrogens is 845 g/mol. The molecule has 0 spiro atoms. The van der Waals surface area contributed by atoms with Gasteiger partial charge in [-0.25, -0.2) is 0 Å². The average molecular weight is 889 g/mol. The second kappa shape index (κ2) is 17.3. The molecule has 0 amide bonds. The van der Waals surface area contributed by atoms with Crippen LogP contribution in [0.5, 0.6) is 0 Å². The van der Waals surface area contributed by atoms with Crippen molar-refractivity contribution in [2.45, 2.75) is 0 Å². The van der Waals surface area contributed by atoms with Gasteiger partial charge in [0, 0.05) is 39.1 Å². The fourth-order valence-corrected chi connectivity index (χ4v) is 10.5. The van der Waals surface area contributed by atoms with E-state index in [1.54, 1.807) is 0 Å². The lowest BCUT2D eigenvalue weighted by molar-refractivity contribution is 1.18. The summed E-state index contributed by atoms with van der Waals surface area (Å²) in [5.41, 5.74) is 24.7. The van der Waals surface area contributed by atoms with Crippen molar-refractivity contribution in [1.29, 1.82) is 0 Å². The van der Waals surface area contributed by atoms with E-state index in [2.05, 4.69) is 276 Å². The quantitative estimate of drug-likeness (QED) is 0.131. The Morgan fingerprint density at radius 2 is 0.929 bits per heavy atom. The highest BCUT2D eigenvalue weighted by atomic mass is 15.1. The van der Waals surface area contributed by atoms with Crippen LogP contribution in [-0.2, 0) is 0 Å². The van der Waals surface area contributed by atoms with Crippen LogP contribution in [0.25, 0.3) is 99.1 Å². The summed E-state index contributed by atoms with van der Waals surface area (Å²) >= 11 is 0. The number of hydrogen-bond acceptors (Lipinski definition) is 1. The van der Waals surface area contributed by atoms with Gasteiger partial charge in [0.1, 0.15) is 0 Å². The lowest BCUT2D eigenvalue weighted by Crippen LogP contribution is -2.10. The number of nitrogens with zero attached hydrogens (tertiary/aromatic N) is 2. The fraction of sp³-hybridized carbons (Fsp3) is 0. The summed E-state index contributed by atoms with van der Waals surface area (Å²) in [5.74, 6) is 0. The molecule has 1 heterocycles. The van der Waals surface area contributed by atoms with E-state index in [0.717, 1.165) is 45.0 Å². The smallest absolute Gasteiger partial charge is 0.0619 e. The number of fused-ring (bicyclic) bond motifs is 5. The van der Waals surface area contributed by atoms with Gasteiger partial charge in [0.05, 0.1) is 11.0 Å². The maximum atomic E-state index is 3.20. The first-order valence-corrected chi connectivity index (χ1v) is 23.9. The molecule has 11 aromatic carbocycles. The van der Waals surface area contributed by atoms with E-state index in [-0.39, 0.29) is 0 Å². The zero-order valence-electron chi connectivity index (χ0n) is 38.3. The van der Waals surface area contributed by atoms with Crippen molar-refractivity contribution in [3.05, 3.63) is 284 Å². The molecule has 0 N–H and O–H groups in total. The van der Waals surface area contributed by atoms with Crippen LogP contribution in [0.3, 0.4) is 0 Å². The van der Waals surface area contributed by atoms with Crippen LogP contribution >= 0.6 is 0 Å². The van der Waals surface area contributed by atoms with Gasteiger partial charge in [-0.1, -0.05) is 200 Å². The van der Waals surface area contributed by atoms with Crippen LogP contribution in [-0.4, -0.2) is 4.57 Å². The Hall–Kier alpha value is -9.42. The molecule has 0 radical (unpaired) electrons. The average Bonchev–Trinajstić information content (AvgIpc) is 3.79. The summed E-state index contributed by atoms with van der Waals surface area (Å²) < 4.78 is 2.42. The lowest BCUT2D eigenvalue weighted by atomic mass is 9.96. The zero-order chi connectivity index (χ0) is 46.4. The Morgan fingerprint density at radius 3 is 1.70 bits per heavy atom. The molecule has 1 aliphatic carbocycles. The Kier molecular flexibility index (Phi) is 10.1. The lowest BCUT2D eigenvalue weighted by Gasteiger charge is -2.26. The molecule has 1 aliphatic rings. The van der Waals surface area contributed by atoms with Gasteiger partial charge in [0.2, 0.25) is 0 Å². The summed E-state index contributed by atoms with van der Waals surface area (Å²) in [6.45, 7) is 0. The van der Waals surface area contributed by atoms with Gasteiger partial charge >= 0.3 is 0 Å². The van der Waals surface area contributed by atoms with Gasteiger partial charge in [-0.05, 0) is 151 Å². The first-order valence-electron chi connectivity index (χ1n) is 23.9. The van der Waals surface area contributed by atoms with E-state index in [0.29, 0.717) is 0 Å². The van der Waals surface area contributed by atoms with Crippen molar-refractivity contribution in [2.75, 3.05) is 4.90 Å². The summed E-state index contributed by atoms with van der Waals surface area (Å²) in [6.07, 6.45) is 6.10. The van der Waals surface area contributed by atoms with Gasteiger partial charge < -0.3 is 9.47 Å². The number of aromatic nitrogens is 1. The van der Waals surface area contributed by atoms with E-state index in [9.17, 15) is 0 Å². The summed E-state index contributed by atoms with van der Waals surface area (Å²) in [7, 11) is 0. The molecule has 1 aromatic heterocycles. The normalized spacial score (nSPS) is 12.0. The van der Waals surface area contributed by atoms with Crippen LogP contribution in [0.4, 0.5) is 17.1 Å². The number of hydrogen-bond donors (Lipinski definition) is 0. The molecule has 13 rings (SSSR count). The van der Waals surface area contributed by atoms with Crippen molar-refractivity contribution in [3.63, 3.8) is 0 Å². The van der Waals surface area contributed by atoms with E-state index >= 15 is 0 Å². The Labute approximate surface area is 407 Å². The Balaban J connectivity index is 0.924. The topological polar surface area (TPSA) is 8.17 Å². The molecule has 0 unspecified atom stereocenters. The van der Waals surface area contributed by atoms with Crippen LogP contribution in [0.2, 0.25) is 0 Å². The Bertz CT molecular complexity index is 4100. The van der Waals surface area contributed by atoms with Crippen molar-refractivity contribution in [1.82, 2.24) is 4.57 Å². The second-order valence-electron chi connectivity index (χ2n) is 17.9. The molecule has 0 fully saturated rings. The standard InChI is InChI=1S/C68H44N2/c1-3-16-52(17-4-1)64-28-13-29-65-67-63(27-14-30-66(67)70(68(64)65)57-22-5-2-6-23-57)56-21-11-24-60(46-56)69(59-43-39-50(40-44-59)55-36-33-47-15-7-8-19-54(47)45-55)58-41-37-49(38-42-58)48-31-34-53(35-32-48)62-26-12-20-51-18-9-10-25-61(51)62/h2-3,5-46H. The van der Waals surface area contributed by atoms with Crippen LogP contribution in [0.15, 0.2) is 278 Å². The molecule has 0 bridgehead atoms. The van der Waals surface area contributed by atoms with Gasteiger partial charge in [0.15, 0.2) is 0 Å². The van der Waals surface area contributed by atoms with E-state index in [1.165, 1.54) is 76.8 Å². The largest absolute Gasteiger partial charge is 0.310 e. The maximum absolute atomic E-state index is 3.20. The number of rotatable bonds is 9. The van der Waals surface area contributed by atoms with Crippen LogP contribution < -0.4 is 4.90 Å². The third-order valence-corrected chi connectivity index (χ3v) is 13.9. The highest BCUT2D eigenvalue weighted by Crippen LogP contribution is 2.44. The number of benzene rings is 11. The number of para-hydroxylation sites is 2. The molecule has 70 heavy (non-hydrogen) atoms. The molecule has 0 saturated heterocycles. The summed E-state index contributed by atoms with van der Waals surface area (Å²) in [5, 5.41) is 7.41. The van der Waals surface area contributed by atoms with E-state index in [4.69, 9.17) is 0 Å². The zero-order valence-corrected chi connectivity index (χ0v) is 38.3. The molecular formula is C68H44N2. The van der Waals surface area contributed by atoms with E-state index in [1.807, 2.05) is 12.2 Å². The Morgan fingerprint density at radius 1 is 0.343 bits per heavy atom. The summed E-state index contributed by atoms with van der Waals surface area (Å²) in [6, 6.07) is 90.6. The molecule has 2 heteroatoms. The third-order valence-electron chi connectivity index (χ3n) is 13.9. The van der Waals surface area contributed by atoms with E-state index < -0.39 is 0 Å². The van der Waals surface area contributed by atoms with Gasteiger partial charge in [-0.2, -0.15) is 0 Å². The maximum Gasteiger partial charge on any atom is 0.0619 e. The summed E-state index contributed by atoms with van der Waals surface area (Å²) in [4.78, 5) is 2.38. The first kappa shape index (κ1) is 40.8. The van der Waals surface area contributed by atoms with Crippen molar-refractivity contribution in [2.24, 2.45) is 0 Å². The molecule has 2 nitrogen and oxygen atoms in total. The predicted molar refractivity (Wildman–Crippen MR) is 296 cm³/mol. The number of anilines is 3. The molecule has 0 aliphatic heterocycles. The highest BCUT2D eigenvalue weighted by molar-refractivity contribution is 6.18. The minimum absolute atomic E-state index is 1.07. The monoisotopic (exact) mass is 888 g/mol. The molecule has 326 valence electrons. The second-order valence-corrected chi connectivity index (χ2v) is 17.9. The molecule has 0 saturated carbocycles. The first-order chi connectivity index (χ1) is 34.7. The minimum Gasteiger partial charge on any atom is -0.310 e. The van der Waals surface area contributed by atoms with Gasteiger partial charge in [0.25, 0.3) is 0 Å². The van der Waals surface area contributed by atoms with Gasteiger partial charge in [-0.3, -0.25) is 0 Å². The van der Waals surface area contributed by atoms with Crippen LogP contribution in [0.1, 0.15) is 5.56 Å².